The molecule has 3 N–H and O–H groups in total. The van der Waals surface area contributed by atoms with Crippen LogP contribution in [0.3, 0.4) is 0 Å². The van der Waals surface area contributed by atoms with Gasteiger partial charge in [-0.25, -0.2) is 13.9 Å². The fourth-order valence-electron chi connectivity index (χ4n) is 4.12. The second-order valence-electron chi connectivity index (χ2n) is 8.09. The van der Waals surface area contributed by atoms with Gasteiger partial charge in [0.15, 0.2) is 0 Å². The number of nitrogens with zero attached hydrogens (tertiary/aromatic N) is 5. The minimum absolute atomic E-state index is 0.0334. The van der Waals surface area contributed by atoms with Crippen molar-refractivity contribution in [3.05, 3.63) is 42.9 Å². The Hall–Kier alpha value is -3.20. The molecule has 0 radical (unpaired) electrons. The predicted octanol–water partition coefficient (Wildman–Crippen LogP) is 1.77. The van der Waals surface area contributed by atoms with Gasteiger partial charge in [-0.3, -0.25) is 4.79 Å². The third-order valence-corrected chi connectivity index (χ3v) is 6.00. The van der Waals surface area contributed by atoms with Crippen molar-refractivity contribution >= 4 is 22.9 Å². The summed E-state index contributed by atoms with van der Waals surface area (Å²) in [7, 11) is 0. The number of halogens is 1. The molecule has 31 heavy (non-hydrogen) atoms. The van der Waals surface area contributed by atoms with E-state index in [4.69, 9.17) is 5.73 Å². The monoisotopic (exact) mass is 423 g/mol. The van der Waals surface area contributed by atoms with E-state index in [-0.39, 0.29) is 5.91 Å². The van der Waals surface area contributed by atoms with E-state index in [0.29, 0.717) is 32.6 Å². The Labute approximate surface area is 179 Å². The molecule has 8 nitrogen and oxygen atoms in total. The first-order valence-electron chi connectivity index (χ1n) is 10.7. The van der Waals surface area contributed by atoms with Gasteiger partial charge in [0.05, 0.1) is 17.1 Å². The maximum atomic E-state index is 13.2. The second-order valence-corrected chi connectivity index (χ2v) is 8.09. The van der Waals surface area contributed by atoms with Crippen molar-refractivity contribution in [1.29, 1.82) is 0 Å². The highest BCUT2D eigenvalue weighted by Gasteiger charge is 2.46. The molecule has 0 unspecified atom stereocenters. The fourth-order valence-corrected chi connectivity index (χ4v) is 4.12. The van der Waals surface area contributed by atoms with Crippen LogP contribution in [0, 0.1) is 5.92 Å². The number of hydrogen-bond donors (Lipinski definition) is 2. The van der Waals surface area contributed by atoms with Crippen molar-refractivity contribution in [3.63, 3.8) is 0 Å². The fraction of sp³-hybridized carbons (Fsp3) is 0.409. The number of alkyl halides is 1. The first-order valence-corrected chi connectivity index (χ1v) is 10.7. The van der Waals surface area contributed by atoms with Crippen molar-refractivity contribution in [2.24, 2.45) is 11.7 Å². The van der Waals surface area contributed by atoms with E-state index in [1.54, 1.807) is 11.1 Å². The van der Waals surface area contributed by atoms with Gasteiger partial charge >= 0.3 is 0 Å². The van der Waals surface area contributed by atoms with E-state index in [0.717, 1.165) is 41.2 Å². The molecule has 9 heteroatoms. The Balaban J connectivity index is 1.33. The van der Waals surface area contributed by atoms with E-state index < -0.39 is 12.1 Å². The average molecular weight is 423 g/mol. The molecule has 1 amide bonds. The lowest BCUT2D eigenvalue weighted by molar-refractivity contribution is -0.133. The van der Waals surface area contributed by atoms with Crippen molar-refractivity contribution in [2.45, 2.75) is 12.6 Å². The van der Waals surface area contributed by atoms with Gasteiger partial charge in [-0.05, 0) is 30.7 Å². The Morgan fingerprint density at radius 3 is 2.68 bits per heavy atom. The summed E-state index contributed by atoms with van der Waals surface area (Å²) in [5.41, 5.74) is 9.66. The minimum atomic E-state index is -0.940. The molecular formula is C22H26FN7O. The lowest BCUT2D eigenvalue weighted by Gasteiger charge is -2.36. The third kappa shape index (κ3) is 3.93. The molecule has 1 aliphatic carbocycles. The molecule has 2 atom stereocenters. The number of carbonyl (C=O) groups is 1. The molecule has 4 heterocycles. The normalized spacial score (nSPS) is 20.8. The van der Waals surface area contributed by atoms with E-state index >= 15 is 0 Å². The predicted molar refractivity (Wildman–Crippen MR) is 118 cm³/mol. The van der Waals surface area contributed by atoms with Gasteiger partial charge in [-0.15, -0.1) is 0 Å². The van der Waals surface area contributed by atoms with Gasteiger partial charge < -0.3 is 20.9 Å². The highest BCUT2D eigenvalue weighted by molar-refractivity contribution is 5.83. The number of aromatic nitrogens is 3. The number of nitrogens with two attached hydrogens (primary N) is 1. The summed E-state index contributed by atoms with van der Waals surface area (Å²) in [5, 5.41) is 7.63. The molecule has 0 spiro atoms. The van der Waals surface area contributed by atoms with Gasteiger partial charge in [0.25, 0.3) is 0 Å². The molecule has 0 bridgehead atoms. The number of piperazine rings is 1. The van der Waals surface area contributed by atoms with Gasteiger partial charge in [0.1, 0.15) is 12.0 Å². The zero-order valence-corrected chi connectivity index (χ0v) is 17.2. The van der Waals surface area contributed by atoms with Crippen LogP contribution < -0.4 is 16.0 Å². The van der Waals surface area contributed by atoms with Gasteiger partial charge in [-0.1, -0.05) is 0 Å². The summed E-state index contributed by atoms with van der Waals surface area (Å²) in [6.45, 7) is 3.92. The van der Waals surface area contributed by atoms with Crippen LogP contribution in [0.5, 0.6) is 0 Å². The molecular weight excluding hydrogens is 397 g/mol. The maximum Gasteiger partial charge on any atom is 0.228 e. The summed E-state index contributed by atoms with van der Waals surface area (Å²) in [5.74, 6) is 0.362. The Kier molecular flexibility index (Phi) is 5.19. The van der Waals surface area contributed by atoms with E-state index in [1.807, 2.05) is 35.1 Å². The van der Waals surface area contributed by atoms with E-state index in [9.17, 15) is 9.18 Å². The van der Waals surface area contributed by atoms with Crippen LogP contribution in [0.4, 0.5) is 15.9 Å². The number of pyridine rings is 1. The minimum Gasteiger partial charge on any atom is -0.369 e. The Morgan fingerprint density at radius 2 is 2.00 bits per heavy atom. The average Bonchev–Trinajstić information content (AvgIpc) is 3.38. The summed E-state index contributed by atoms with van der Waals surface area (Å²) in [6, 6.07) is 8.09. The Bertz CT molecular complexity index is 1080. The number of nitrogens with one attached hydrogen (secondary N) is 1. The number of hydrogen-bond acceptors (Lipinski definition) is 6. The molecule has 2 fully saturated rings. The van der Waals surface area contributed by atoms with Gasteiger partial charge in [0.2, 0.25) is 5.91 Å². The SMILES string of the molecule is NCCNc1ccc(-c2cc3c(N4CCN(C(=O)[C@@H]5C[C@H]5F)CC4)ccnn3c2)cn1. The van der Waals surface area contributed by atoms with Gasteiger partial charge in [0, 0.05) is 69.0 Å². The van der Waals surface area contributed by atoms with E-state index in [1.165, 1.54) is 0 Å². The standard InChI is InChI=1S/C22H26FN7O/c23-18-12-17(18)22(31)29-9-7-28(8-10-29)19-3-5-27-30-14-16(11-20(19)30)15-1-2-21(26-13-15)25-6-4-24/h1-3,5,11,13-14,17-18H,4,6-10,12,24H2,(H,25,26)/t17-,18-/m1/s1. The number of anilines is 2. The van der Waals surface area contributed by atoms with Crippen LogP contribution in [0.2, 0.25) is 0 Å². The van der Waals surface area contributed by atoms with Crippen LogP contribution in [0.1, 0.15) is 6.42 Å². The van der Waals surface area contributed by atoms with Crippen molar-refractivity contribution < 1.29 is 9.18 Å². The smallest absolute Gasteiger partial charge is 0.228 e. The zero-order chi connectivity index (χ0) is 21.4. The summed E-state index contributed by atoms with van der Waals surface area (Å²) >= 11 is 0. The third-order valence-electron chi connectivity index (χ3n) is 6.00. The van der Waals surface area contributed by atoms with Crippen LogP contribution >= 0.6 is 0 Å². The molecule has 0 aromatic carbocycles. The quantitative estimate of drug-likeness (QED) is 0.628. The molecule has 1 aliphatic heterocycles. The number of rotatable bonds is 6. The number of amides is 1. The van der Waals surface area contributed by atoms with E-state index in [2.05, 4.69) is 26.4 Å². The summed E-state index contributed by atoms with van der Waals surface area (Å²) in [4.78, 5) is 20.8. The van der Waals surface area contributed by atoms with Crippen molar-refractivity contribution in [2.75, 3.05) is 49.5 Å². The van der Waals surface area contributed by atoms with Crippen LogP contribution in [0.25, 0.3) is 16.6 Å². The lowest BCUT2D eigenvalue weighted by atomic mass is 10.1. The molecule has 1 saturated heterocycles. The molecule has 2 aliphatic rings. The summed E-state index contributed by atoms with van der Waals surface area (Å²) in [6.07, 6.45) is 5.07. The maximum absolute atomic E-state index is 13.2. The van der Waals surface area contributed by atoms with Crippen molar-refractivity contribution in [3.8, 4) is 11.1 Å². The zero-order valence-electron chi connectivity index (χ0n) is 17.2. The molecule has 3 aromatic rings. The molecule has 5 rings (SSSR count). The van der Waals surface area contributed by atoms with Gasteiger partial charge in [-0.2, -0.15) is 5.10 Å². The molecule has 162 valence electrons. The number of carbonyl (C=O) groups excluding carboxylic acids is 1. The van der Waals surface area contributed by atoms with Crippen LogP contribution in [-0.4, -0.2) is 70.8 Å². The highest BCUT2D eigenvalue weighted by Crippen LogP contribution is 2.36. The Morgan fingerprint density at radius 1 is 1.19 bits per heavy atom. The molecule has 3 aromatic heterocycles. The largest absolute Gasteiger partial charge is 0.369 e. The highest BCUT2D eigenvalue weighted by atomic mass is 19.1. The lowest BCUT2D eigenvalue weighted by Crippen LogP contribution is -2.49. The van der Waals surface area contributed by atoms with Crippen LogP contribution in [-0.2, 0) is 4.79 Å². The second kappa shape index (κ2) is 8.14. The molecule has 1 saturated carbocycles. The first kappa shape index (κ1) is 19.7. The van der Waals surface area contributed by atoms with Crippen molar-refractivity contribution in [1.82, 2.24) is 19.5 Å². The first-order chi connectivity index (χ1) is 15.1. The number of fused-ring (bicyclic) bond motifs is 1. The topological polar surface area (TPSA) is 91.8 Å². The summed E-state index contributed by atoms with van der Waals surface area (Å²) < 4.78 is 15.1. The van der Waals surface area contributed by atoms with Crippen LogP contribution in [0.15, 0.2) is 42.9 Å².